The van der Waals surface area contributed by atoms with Gasteiger partial charge in [-0.05, 0) is 31.7 Å². The molecule has 0 aromatic carbocycles. The van der Waals surface area contributed by atoms with Crippen LogP contribution in [0.1, 0.15) is 26.2 Å². The molecule has 2 rings (SSSR count). The highest BCUT2D eigenvalue weighted by Crippen LogP contribution is 2.25. The molecule has 0 amide bonds. The SMILES string of the molecule is CCCNS(=O)(=O)N1CCC2NCCC2C1.Cl. The van der Waals surface area contributed by atoms with Crippen molar-refractivity contribution in [2.75, 3.05) is 26.2 Å². The molecule has 2 saturated heterocycles. The van der Waals surface area contributed by atoms with Crippen molar-refractivity contribution < 1.29 is 8.42 Å². The Bertz CT molecular complexity index is 336. The van der Waals surface area contributed by atoms with Crippen LogP contribution < -0.4 is 10.0 Å². The summed E-state index contributed by atoms with van der Waals surface area (Å²) in [5, 5.41) is 3.43. The molecule has 2 N–H and O–H groups in total. The smallest absolute Gasteiger partial charge is 0.279 e. The van der Waals surface area contributed by atoms with Crippen LogP contribution in [0.15, 0.2) is 0 Å². The third-order valence-corrected chi connectivity index (χ3v) is 5.07. The van der Waals surface area contributed by atoms with Crippen molar-refractivity contribution in [3.05, 3.63) is 0 Å². The van der Waals surface area contributed by atoms with Crippen LogP contribution in [-0.2, 0) is 10.2 Å². The molecule has 2 heterocycles. The maximum absolute atomic E-state index is 11.9. The van der Waals surface area contributed by atoms with Crippen molar-refractivity contribution in [3.8, 4) is 0 Å². The number of nitrogens with one attached hydrogen (secondary N) is 2. The van der Waals surface area contributed by atoms with Crippen molar-refractivity contribution in [3.63, 3.8) is 0 Å². The second-order valence-corrected chi connectivity index (χ2v) is 6.41. The average Bonchev–Trinajstić information content (AvgIpc) is 2.73. The number of fused-ring (bicyclic) bond motifs is 1. The Morgan fingerprint density at radius 2 is 2.18 bits per heavy atom. The number of piperidine rings is 1. The fourth-order valence-corrected chi connectivity index (χ4v) is 3.93. The lowest BCUT2D eigenvalue weighted by Gasteiger charge is -2.33. The predicted molar refractivity (Wildman–Crippen MR) is 70.5 cm³/mol. The lowest BCUT2D eigenvalue weighted by Crippen LogP contribution is -2.50. The van der Waals surface area contributed by atoms with Gasteiger partial charge in [-0.1, -0.05) is 6.92 Å². The van der Waals surface area contributed by atoms with E-state index in [9.17, 15) is 8.42 Å². The molecule has 2 aliphatic heterocycles. The highest BCUT2D eigenvalue weighted by Gasteiger charge is 2.36. The van der Waals surface area contributed by atoms with Gasteiger partial charge in [-0.25, -0.2) is 4.72 Å². The highest BCUT2D eigenvalue weighted by atomic mass is 35.5. The van der Waals surface area contributed by atoms with Crippen LogP contribution in [0.25, 0.3) is 0 Å². The van der Waals surface area contributed by atoms with E-state index >= 15 is 0 Å². The summed E-state index contributed by atoms with van der Waals surface area (Å²) >= 11 is 0. The third-order valence-electron chi connectivity index (χ3n) is 3.49. The van der Waals surface area contributed by atoms with Crippen molar-refractivity contribution in [2.45, 2.75) is 32.2 Å². The molecule has 0 aromatic heterocycles. The summed E-state index contributed by atoms with van der Waals surface area (Å²) in [7, 11) is -3.23. The van der Waals surface area contributed by atoms with Crippen molar-refractivity contribution in [2.24, 2.45) is 5.92 Å². The van der Waals surface area contributed by atoms with Crippen LogP contribution in [0.3, 0.4) is 0 Å². The Kier molecular flexibility index (Phi) is 5.66. The predicted octanol–water partition coefficient (Wildman–Crippen LogP) is 0.336. The van der Waals surface area contributed by atoms with Crippen molar-refractivity contribution in [1.29, 1.82) is 0 Å². The molecule has 0 saturated carbocycles. The molecule has 2 aliphatic rings. The largest absolute Gasteiger partial charge is 0.314 e. The van der Waals surface area contributed by atoms with Crippen LogP contribution in [-0.4, -0.2) is 44.9 Å². The van der Waals surface area contributed by atoms with Gasteiger partial charge in [0.05, 0.1) is 0 Å². The van der Waals surface area contributed by atoms with Crippen LogP contribution in [0.4, 0.5) is 0 Å². The van der Waals surface area contributed by atoms with Crippen LogP contribution in [0.5, 0.6) is 0 Å². The van der Waals surface area contributed by atoms with Gasteiger partial charge in [-0.2, -0.15) is 12.7 Å². The Morgan fingerprint density at radius 3 is 2.88 bits per heavy atom. The number of rotatable bonds is 4. The molecule has 0 bridgehead atoms. The first-order valence-electron chi connectivity index (χ1n) is 6.11. The number of hydrogen-bond donors (Lipinski definition) is 2. The molecule has 0 radical (unpaired) electrons. The van der Waals surface area contributed by atoms with Gasteiger partial charge in [-0.3, -0.25) is 0 Å². The molecular weight excluding hydrogens is 262 g/mol. The van der Waals surface area contributed by atoms with Gasteiger partial charge in [-0.15, -0.1) is 12.4 Å². The van der Waals surface area contributed by atoms with Gasteiger partial charge < -0.3 is 5.32 Å². The van der Waals surface area contributed by atoms with E-state index in [0.29, 0.717) is 31.6 Å². The summed E-state index contributed by atoms with van der Waals surface area (Å²) in [5.41, 5.74) is 0. The van der Waals surface area contributed by atoms with E-state index in [1.54, 1.807) is 4.31 Å². The molecule has 0 spiro atoms. The second-order valence-electron chi connectivity index (χ2n) is 4.66. The van der Waals surface area contributed by atoms with E-state index in [1.165, 1.54) is 0 Å². The zero-order chi connectivity index (χ0) is 11.6. The molecule has 2 atom stereocenters. The highest BCUT2D eigenvalue weighted by molar-refractivity contribution is 7.87. The number of nitrogens with zero attached hydrogens (tertiary/aromatic N) is 1. The molecule has 5 nitrogen and oxygen atoms in total. The van der Waals surface area contributed by atoms with E-state index in [4.69, 9.17) is 0 Å². The van der Waals surface area contributed by atoms with Gasteiger partial charge in [0, 0.05) is 25.7 Å². The van der Waals surface area contributed by atoms with Crippen LogP contribution >= 0.6 is 12.4 Å². The molecule has 17 heavy (non-hydrogen) atoms. The normalized spacial score (nSPS) is 29.7. The Balaban J connectivity index is 0.00000144. The van der Waals surface area contributed by atoms with Crippen LogP contribution in [0.2, 0.25) is 0 Å². The molecule has 2 unspecified atom stereocenters. The maximum atomic E-state index is 11.9. The molecular formula is C10H22ClN3O2S. The van der Waals surface area contributed by atoms with Gasteiger partial charge >= 0.3 is 0 Å². The first kappa shape index (κ1) is 15.2. The van der Waals surface area contributed by atoms with Crippen molar-refractivity contribution >= 4 is 22.6 Å². The summed E-state index contributed by atoms with van der Waals surface area (Å²) in [6.45, 7) is 4.86. The molecule has 0 aromatic rings. The maximum Gasteiger partial charge on any atom is 0.279 e. The van der Waals surface area contributed by atoms with Crippen LogP contribution in [0, 0.1) is 5.92 Å². The minimum atomic E-state index is -3.23. The van der Waals surface area contributed by atoms with E-state index in [0.717, 1.165) is 25.8 Å². The second kappa shape index (κ2) is 6.33. The summed E-state index contributed by atoms with van der Waals surface area (Å²) in [6, 6.07) is 0.539. The fraction of sp³-hybridized carbons (Fsp3) is 1.00. The lowest BCUT2D eigenvalue weighted by atomic mass is 9.95. The zero-order valence-electron chi connectivity index (χ0n) is 10.2. The van der Waals surface area contributed by atoms with Gasteiger partial charge in [0.25, 0.3) is 10.2 Å². The minimum absolute atomic E-state index is 0. The van der Waals surface area contributed by atoms with Gasteiger partial charge in [0.1, 0.15) is 0 Å². The summed E-state index contributed by atoms with van der Waals surface area (Å²) in [6.07, 6.45) is 2.88. The lowest BCUT2D eigenvalue weighted by molar-refractivity contribution is 0.245. The summed E-state index contributed by atoms with van der Waals surface area (Å²) < 4.78 is 28.1. The first-order chi connectivity index (χ1) is 7.63. The van der Waals surface area contributed by atoms with Crippen molar-refractivity contribution in [1.82, 2.24) is 14.3 Å². The number of halogens is 1. The zero-order valence-corrected chi connectivity index (χ0v) is 11.8. The Hall–Kier alpha value is 0.120. The monoisotopic (exact) mass is 283 g/mol. The van der Waals surface area contributed by atoms with E-state index in [-0.39, 0.29) is 12.4 Å². The van der Waals surface area contributed by atoms with E-state index < -0.39 is 10.2 Å². The standard InChI is InChI=1S/C10H21N3O2S.ClH/c1-2-5-12-16(14,15)13-7-4-10-9(8-13)3-6-11-10;/h9-12H,2-8H2,1H3;1H. The summed E-state index contributed by atoms with van der Waals surface area (Å²) in [4.78, 5) is 0. The molecule has 102 valence electrons. The van der Waals surface area contributed by atoms with E-state index in [2.05, 4.69) is 10.0 Å². The molecule has 2 fully saturated rings. The van der Waals surface area contributed by atoms with Gasteiger partial charge in [0.2, 0.25) is 0 Å². The average molecular weight is 284 g/mol. The Morgan fingerprint density at radius 1 is 1.41 bits per heavy atom. The minimum Gasteiger partial charge on any atom is -0.314 e. The molecule has 7 heteroatoms. The van der Waals surface area contributed by atoms with E-state index in [1.807, 2.05) is 6.92 Å². The molecule has 0 aliphatic carbocycles. The third kappa shape index (κ3) is 3.54. The number of hydrogen-bond acceptors (Lipinski definition) is 3. The fourth-order valence-electron chi connectivity index (χ4n) is 2.55. The quantitative estimate of drug-likeness (QED) is 0.782. The van der Waals surface area contributed by atoms with Gasteiger partial charge in [0.15, 0.2) is 0 Å². The Labute approximate surface area is 110 Å². The summed E-state index contributed by atoms with van der Waals surface area (Å²) in [5.74, 6) is 0.506. The first-order valence-corrected chi connectivity index (χ1v) is 7.55. The topological polar surface area (TPSA) is 61.4 Å².